The normalized spacial score (nSPS) is 10.9. The molecule has 2 aromatic carbocycles. The van der Waals surface area contributed by atoms with Crippen LogP contribution in [0.3, 0.4) is 0 Å². The number of rotatable bonds is 17. The molecule has 0 saturated heterocycles. The summed E-state index contributed by atoms with van der Waals surface area (Å²) in [5.74, 6) is 0.899. The average molecular weight is 444 g/mol. The van der Waals surface area contributed by atoms with Crippen LogP contribution in [0, 0.1) is 10.1 Å². The van der Waals surface area contributed by atoms with E-state index in [4.69, 9.17) is 4.74 Å². The van der Waals surface area contributed by atoms with Gasteiger partial charge in [-0.2, -0.15) is 0 Å². The molecule has 0 amide bonds. The standard InChI is InChI=1S/C26H37NO3S/c1-2-3-4-5-6-7-8-9-10-11-12-13-22-30-24-16-20-26(21-17-24)31-25-18-14-23(15-19-25)27(28)29/h14-21H,2-13,22H2,1H3. The highest BCUT2D eigenvalue weighted by molar-refractivity contribution is 7.99. The number of hydrogen-bond acceptors (Lipinski definition) is 4. The lowest BCUT2D eigenvalue weighted by Gasteiger charge is -2.07. The summed E-state index contributed by atoms with van der Waals surface area (Å²) in [6.07, 6.45) is 16.2. The van der Waals surface area contributed by atoms with Crippen molar-refractivity contribution in [3.05, 3.63) is 58.6 Å². The summed E-state index contributed by atoms with van der Waals surface area (Å²) in [4.78, 5) is 12.4. The monoisotopic (exact) mass is 443 g/mol. The van der Waals surface area contributed by atoms with Crippen LogP contribution in [-0.4, -0.2) is 11.5 Å². The number of ether oxygens (including phenoxy) is 1. The molecule has 0 bridgehead atoms. The Labute approximate surface area is 191 Å². The van der Waals surface area contributed by atoms with Crippen molar-refractivity contribution in [2.75, 3.05) is 6.61 Å². The molecule has 4 nitrogen and oxygen atoms in total. The topological polar surface area (TPSA) is 52.4 Å². The molecule has 0 aliphatic carbocycles. The van der Waals surface area contributed by atoms with E-state index in [1.807, 2.05) is 24.3 Å². The van der Waals surface area contributed by atoms with Crippen molar-refractivity contribution in [2.24, 2.45) is 0 Å². The van der Waals surface area contributed by atoms with Crippen molar-refractivity contribution >= 4 is 17.4 Å². The Morgan fingerprint density at radius 1 is 0.710 bits per heavy atom. The van der Waals surface area contributed by atoms with Gasteiger partial charge < -0.3 is 4.74 Å². The molecule has 5 heteroatoms. The molecular weight excluding hydrogens is 406 g/mol. The number of nitro groups is 1. The molecular formula is C26H37NO3S. The van der Waals surface area contributed by atoms with Gasteiger partial charge in [-0.3, -0.25) is 10.1 Å². The third-order valence-electron chi connectivity index (χ3n) is 5.37. The Hall–Kier alpha value is -2.01. The first-order chi connectivity index (χ1) is 15.2. The predicted octanol–water partition coefficient (Wildman–Crippen LogP) is 8.83. The van der Waals surface area contributed by atoms with Crippen molar-refractivity contribution in [1.82, 2.24) is 0 Å². The van der Waals surface area contributed by atoms with Crippen molar-refractivity contribution < 1.29 is 9.66 Å². The zero-order chi connectivity index (χ0) is 22.2. The molecule has 0 unspecified atom stereocenters. The fraction of sp³-hybridized carbons (Fsp3) is 0.538. The lowest BCUT2D eigenvalue weighted by Crippen LogP contribution is -1.97. The number of non-ortho nitro benzene ring substituents is 1. The predicted molar refractivity (Wildman–Crippen MR) is 130 cm³/mol. The second kappa shape index (κ2) is 15.7. The Morgan fingerprint density at radius 2 is 1.16 bits per heavy atom. The summed E-state index contributed by atoms with van der Waals surface area (Å²) in [5.41, 5.74) is 0.117. The van der Waals surface area contributed by atoms with Crippen molar-refractivity contribution in [1.29, 1.82) is 0 Å². The SMILES string of the molecule is CCCCCCCCCCCCCCOc1ccc(Sc2ccc([N+](=O)[O-])cc2)cc1. The van der Waals surface area contributed by atoms with Crippen molar-refractivity contribution in [2.45, 2.75) is 93.8 Å². The summed E-state index contributed by atoms with van der Waals surface area (Å²) < 4.78 is 5.86. The highest BCUT2D eigenvalue weighted by atomic mass is 32.2. The molecule has 0 aliphatic heterocycles. The minimum atomic E-state index is -0.378. The molecule has 2 rings (SSSR count). The number of nitrogens with zero attached hydrogens (tertiary/aromatic N) is 1. The summed E-state index contributed by atoms with van der Waals surface area (Å²) in [6, 6.07) is 14.7. The maximum Gasteiger partial charge on any atom is 0.269 e. The molecule has 0 N–H and O–H groups in total. The average Bonchev–Trinajstić information content (AvgIpc) is 2.78. The van der Waals surface area contributed by atoms with Gasteiger partial charge in [0.2, 0.25) is 0 Å². The van der Waals surface area contributed by atoms with E-state index >= 15 is 0 Å². The molecule has 0 aromatic heterocycles. The highest BCUT2D eigenvalue weighted by Gasteiger charge is 2.05. The van der Waals surface area contributed by atoms with E-state index in [1.54, 1.807) is 23.9 Å². The summed E-state index contributed by atoms with van der Waals surface area (Å²) in [7, 11) is 0. The summed E-state index contributed by atoms with van der Waals surface area (Å²) in [6.45, 7) is 3.04. The van der Waals surface area contributed by atoms with Crippen molar-refractivity contribution in [3.63, 3.8) is 0 Å². The molecule has 0 aliphatic rings. The summed E-state index contributed by atoms with van der Waals surface area (Å²) >= 11 is 1.59. The molecule has 0 atom stereocenters. The Balaban J connectivity index is 1.50. The fourth-order valence-corrected chi connectivity index (χ4v) is 4.33. The molecule has 0 spiro atoms. The van der Waals surface area contributed by atoms with Crippen LogP contribution in [0.15, 0.2) is 58.3 Å². The van der Waals surface area contributed by atoms with Crippen LogP contribution in [0.4, 0.5) is 5.69 Å². The molecule has 0 saturated carbocycles. The van der Waals surface area contributed by atoms with Crippen LogP contribution in [0.1, 0.15) is 84.0 Å². The number of benzene rings is 2. The maximum absolute atomic E-state index is 10.7. The zero-order valence-corrected chi connectivity index (χ0v) is 19.7. The fourth-order valence-electron chi connectivity index (χ4n) is 3.51. The van der Waals surface area contributed by atoms with Crippen LogP contribution in [-0.2, 0) is 0 Å². The van der Waals surface area contributed by atoms with E-state index in [2.05, 4.69) is 6.92 Å². The van der Waals surface area contributed by atoms with Gasteiger partial charge in [0.25, 0.3) is 5.69 Å². The molecule has 31 heavy (non-hydrogen) atoms. The van der Waals surface area contributed by atoms with Gasteiger partial charge in [-0.1, -0.05) is 89.3 Å². The number of nitro benzene ring substituents is 1. The van der Waals surface area contributed by atoms with Crippen molar-refractivity contribution in [3.8, 4) is 5.75 Å². The van der Waals surface area contributed by atoms with Crippen LogP contribution >= 0.6 is 11.8 Å². The molecule has 0 fully saturated rings. The Morgan fingerprint density at radius 3 is 1.65 bits per heavy atom. The van der Waals surface area contributed by atoms with Crippen LogP contribution < -0.4 is 4.74 Å². The minimum Gasteiger partial charge on any atom is -0.494 e. The minimum absolute atomic E-state index is 0.117. The van der Waals surface area contributed by atoms with E-state index < -0.39 is 0 Å². The maximum atomic E-state index is 10.7. The largest absolute Gasteiger partial charge is 0.494 e. The smallest absolute Gasteiger partial charge is 0.269 e. The van der Waals surface area contributed by atoms with Gasteiger partial charge in [0.1, 0.15) is 5.75 Å². The zero-order valence-electron chi connectivity index (χ0n) is 18.9. The Kier molecular flexibility index (Phi) is 12.8. The highest BCUT2D eigenvalue weighted by Crippen LogP contribution is 2.30. The first-order valence-corrected chi connectivity index (χ1v) is 12.7. The second-order valence-electron chi connectivity index (χ2n) is 8.06. The number of unbranched alkanes of at least 4 members (excludes halogenated alkanes) is 11. The van der Waals surface area contributed by atoms with Crippen LogP contribution in [0.25, 0.3) is 0 Å². The van der Waals surface area contributed by atoms with Crippen LogP contribution in [0.2, 0.25) is 0 Å². The molecule has 2 aromatic rings. The van der Waals surface area contributed by atoms with E-state index in [9.17, 15) is 10.1 Å². The summed E-state index contributed by atoms with van der Waals surface area (Å²) in [5, 5.41) is 10.7. The van der Waals surface area contributed by atoms with E-state index in [0.717, 1.165) is 28.6 Å². The molecule has 170 valence electrons. The third-order valence-corrected chi connectivity index (χ3v) is 6.39. The molecule has 0 radical (unpaired) electrons. The molecule has 0 heterocycles. The van der Waals surface area contributed by atoms with Gasteiger partial charge in [0.05, 0.1) is 11.5 Å². The van der Waals surface area contributed by atoms with Gasteiger partial charge in [0, 0.05) is 21.9 Å². The van der Waals surface area contributed by atoms with Gasteiger partial charge in [-0.15, -0.1) is 0 Å². The quantitative estimate of drug-likeness (QED) is 0.139. The lowest BCUT2D eigenvalue weighted by molar-refractivity contribution is -0.384. The van der Waals surface area contributed by atoms with Gasteiger partial charge in [-0.25, -0.2) is 0 Å². The first-order valence-electron chi connectivity index (χ1n) is 11.8. The first kappa shape index (κ1) is 25.3. The van der Waals surface area contributed by atoms with Gasteiger partial charge in [0.15, 0.2) is 0 Å². The van der Waals surface area contributed by atoms with E-state index in [-0.39, 0.29) is 10.6 Å². The van der Waals surface area contributed by atoms with Crippen LogP contribution in [0.5, 0.6) is 5.75 Å². The Bertz CT molecular complexity index is 731. The van der Waals surface area contributed by atoms with E-state index in [1.165, 1.54) is 82.8 Å². The number of hydrogen-bond donors (Lipinski definition) is 0. The van der Waals surface area contributed by atoms with Gasteiger partial charge in [-0.05, 0) is 42.8 Å². The van der Waals surface area contributed by atoms with Gasteiger partial charge >= 0.3 is 0 Å². The van der Waals surface area contributed by atoms with E-state index in [0.29, 0.717) is 0 Å². The second-order valence-corrected chi connectivity index (χ2v) is 9.21. The lowest BCUT2D eigenvalue weighted by atomic mass is 10.1. The third kappa shape index (κ3) is 11.3.